The molecule has 1 amide bonds. The number of H-pyrrole nitrogens is 1. The number of likely N-dealkylation sites (tertiary alicyclic amines) is 1. The number of amides is 1. The normalized spacial score (nSPS) is 18.6. The van der Waals surface area contributed by atoms with Crippen molar-refractivity contribution < 1.29 is 22.4 Å². The monoisotopic (exact) mass is 518 g/mol. The molecule has 0 atom stereocenters. The number of pyridine rings is 1. The molecule has 2 saturated heterocycles. The van der Waals surface area contributed by atoms with E-state index in [9.17, 15) is 22.8 Å². The fourth-order valence-corrected chi connectivity index (χ4v) is 4.88. The Balaban J connectivity index is 1.20. The van der Waals surface area contributed by atoms with Crippen LogP contribution in [0.3, 0.4) is 0 Å². The number of hydrogen-bond donors (Lipinski definition) is 2. The molecule has 0 bridgehead atoms. The van der Waals surface area contributed by atoms with Crippen LogP contribution in [-0.4, -0.2) is 62.9 Å². The van der Waals surface area contributed by atoms with Gasteiger partial charge in [0.05, 0.1) is 18.6 Å². The number of nitrogens with zero attached hydrogens (tertiary/aromatic N) is 4. The van der Waals surface area contributed by atoms with Crippen molar-refractivity contribution in [2.45, 2.75) is 44.6 Å². The number of carbonyl (C=O) groups is 1. The number of benzene rings is 1. The van der Waals surface area contributed by atoms with Crippen LogP contribution in [0.1, 0.15) is 53.0 Å². The van der Waals surface area contributed by atoms with Crippen molar-refractivity contribution in [1.29, 1.82) is 0 Å². The number of aromatic amines is 1. The maximum atomic E-state index is 15.1. The molecule has 2 aliphatic heterocycles. The molecule has 8 nitrogen and oxygen atoms in total. The average molecular weight is 519 g/mol. The first-order valence-corrected chi connectivity index (χ1v) is 12.2. The fraction of sp³-hybridized carbons (Fsp3) is 0.440. The van der Waals surface area contributed by atoms with Crippen molar-refractivity contribution in [2.75, 3.05) is 26.2 Å². The predicted octanol–water partition coefficient (Wildman–Crippen LogP) is 3.13. The van der Waals surface area contributed by atoms with Gasteiger partial charge in [-0.15, -0.1) is 0 Å². The Hall–Kier alpha value is -3.38. The highest BCUT2D eigenvalue weighted by molar-refractivity contribution is 5.91. The van der Waals surface area contributed by atoms with Gasteiger partial charge in [-0.05, 0) is 50.4 Å². The SMILES string of the molecule is CCc1nc2ccc(CN3CCC(c4ccc(C(=O)NN5CC(F)(F)C5)nc4F)CC3)c(F)c2[nH]c1=O. The van der Waals surface area contributed by atoms with Crippen molar-refractivity contribution in [1.82, 2.24) is 30.3 Å². The maximum Gasteiger partial charge on any atom is 0.284 e. The number of alkyl halides is 2. The Morgan fingerprint density at radius 2 is 1.86 bits per heavy atom. The Morgan fingerprint density at radius 1 is 1.14 bits per heavy atom. The molecule has 4 heterocycles. The summed E-state index contributed by atoms with van der Waals surface area (Å²) in [7, 11) is 0. The first-order valence-electron chi connectivity index (χ1n) is 12.2. The lowest BCUT2D eigenvalue weighted by atomic mass is 9.90. The molecule has 3 aromatic rings. The van der Waals surface area contributed by atoms with Gasteiger partial charge in [-0.3, -0.25) is 19.9 Å². The third kappa shape index (κ3) is 5.21. The molecule has 12 heteroatoms. The lowest BCUT2D eigenvalue weighted by Gasteiger charge is -2.38. The molecule has 0 unspecified atom stereocenters. The Morgan fingerprint density at radius 3 is 2.51 bits per heavy atom. The minimum absolute atomic E-state index is 0.0923. The highest BCUT2D eigenvalue weighted by Gasteiger charge is 2.44. The minimum Gasteiger partial charge on any atom is -0.317 e. The maximum absolute atomic E-state index is 15.1. The Kier molecular flexibility index (Phi) is 6.71. The summed E-state index contributed by atoms with van der Waals surface area (Å²) in [5.41, 5.74) is 3.40. The van der Waals surface area contributed by atoms with Crippen LogP contribution in [0.2, 0.25) is 0 Å². The van der Waals surface area contributed by atoms with Gasteiger partial charge >= 0.3 is 0 Å². The van der Waals surface area contributed by atoms with Gasteiger partial charge in [-0.1, -0.05) is 19.1 Å². The number of rotatable bonds is 6. The Bertz CT molecular complexity index is 1400. The van der Waals surface area contributed by atoms with Crippen molar-refractivity contribution in [3.8, 4) is 0 Å². The van der Waals surface area contributed by atoms with Gasteiger partial charge in [0.25, 0.3) is 17.4 Å². The van der Waals surface area contributed by atoms with E-state index in [2.05, 4.69) is 25.3 Å². The van der Waals surface area contributed by atoms with Gasteiger partial charge in [0, 0.05) is 17.7 Å². The number of halogens is 4. The van der Waals surface area contributed by atoms with E-state index in [0.29, 0.717) is 61.2 Å². The van der Waals surface area contributed by atoms with E-state index in [1.165, 1.54) is 12.1 Å². The molecule has 1 aromatic carbocycles. The summed E-state index contributed by atoms with van der Waals surface area (Å²) in [5.74, 6) is -4.96. The number of nitrogens with one attached hydrogen (secondary N) is 2. The lowest BCUT2D eigenvalue weighted by Crippen LogP contribution is -2.62. The van der Waals surface area contributed by atoms with E-state index < -0.39 is 42.2 Å². The molecule has 37 heavy (non-hydrogen) atoms. The van der Waals surface area contributed by atoms with Gasteiger partial charge in [-0.25, -0.2) is 28.1 Å². The van der Waals surface area contributed by atoms with E-state index in [-0.39, 0.29) is 17.1 Å². The number of carbonyl (C=O) groups excluding carboxylic acids is 1. The lowest BCUT2D eigenvalue weighted by molar-refractivity contribution is -0.144. The van der Waals surface area contributed by atoms with E-state index in [1.807, 2.05) is 6.92 Å². The summed E-state index contributed by atoms with van der Waals surface area (Å²) in [6, 6.07) is 6.27. The largest absolute Gasteiger partial charge is 0.317 e. The van der Waals surface area contributed by atoms with Crippen molar-refractivity contribution in [3.05, 3.63) is 68.9 Å². The van der Waals surface area contributed by atoms with Crippen LogP contribution in [0, 0.1) is 11.8 Å². The smallest absolute Gasteiger partial charge is 0.284 e. The van der Waals surface area contributed by atoms with Gasteiger partial charge in [0.2, 0.25) is 5.95 Å². The third-order valence-electron chi connectivity index (χ3n) is 6.93. The molecular formula is C25H26F4N6O2. The zero-order chi connectivity index (χ0) is 26.3. The van der Waals surface area contributed by atoms with E-state index in [1.54, 1.807) is 12.1 Å². The van der Waals surface area contributed by atoms with Crippen LogP contribution in [0.15, 0.2) is 29.1 Å². The Labute approximate surface area is 209 Å². The summed E-state index contributed by atoms with van der Waals surface area (Å²) in [6.07, 6.45) is 1.68. The number of hydrazine groups is 1. The van der Waals surface area contributed by atoms with Crippen LogP contribution in [0.25, 0.3) is 11.0 Å². The van der Waals surface area contributed by atoms with Gasteiger partial charge in [0.1, 0.15) is 16.9 Å². The molecule has 0 spiro atoms. The molecule has 2 aliphatic rings. The van der Waals surface area contributed by atoms with Crippen LogP contribution >= 0.6 is 0 Å². The van der Waals surface area contributed by atoms with E-state index >= 15 is 4.39 Å². The van der Waals surface area contributed by atoms with Crippen LogP contribution in [0.5, 0.6) is 0 Å². The second-order valence-electron chi connectivity index (χ2n) is 9.58. The first kappa shape index (κ1) is 25.3. The highest BCUT2D eigenvalue weighted by atomic mass is 19.3. The van der Waals surface area contributed by atoms with Gasteiger partial charge < -0.3 is 4.98 Å². The fourth-order valence-electron chi connectivity index (χ4n) is 4.88. The average Bonchev–Trinajstić information content (AvgIpc) is 2.85. The summed E-state index contributed by atoms with van der Waals surface area (Å²) in [6.45, 7) is 2.16. The molecule has 0 aliphatic carbocycles. The molecule has 2 fully saturated rings. The number of aromatic nitrogens is 3. The number of hydrogen-bond acceptors (Lipinski definition) is 6. The van der Waals surface area contributed by atoms with Crippen molar-refractivity contribution in [2.24, 2.45) is 0 Å². The second-order valence-corrected chi connectivity index (χ2v) is 9.58. The second kappa shape index (κ2) is 9.82. The molecule has 2 aromatic heterocycles. The van der Waals surface area contributed by atoms with E-state index in [4.69, 9.17) is 0 Å². The minimum atomic E-state index is -2.83. The summed E-state index contributed by atoms with van der Waals surface area (Å²) in [5, 5.41) is 1.06. The van der Waals surface area contributed by atoms with Gasteiger partial charge in [-0.2, -0.15) is 4.39 Å². The van der Waals surface area contributed by atoms with Crippen LogP contribution < -0.4 is 11.0 Å². The number of piperidine rings is 1. The quantitative estimate of drug-likeness (QED) is 0.385. The topological polar surface area (TPSA) is 94.2 Å². The van der Waals surface area contributed by atoms with Crippen molar-refractivity contribution in [3.63, 3.8) is 0 Å². The summed E-state index contributed by atoms with van der Waals surface area (Å²) < 4.78 is 55.7. The number of aryl methyl sites for hydroxylation is 1. The predicted molar refractivity (Wildman–Crippen MR) is 127 cm³/mol. The standard InChI is InChI=1S/C25H26F4N6O2/c1-2-17-23(36)32-21-18(30-17)5-3-15(20(21)26)11-34-9-7-14(8-10-34)16-4-6-19(31-22(16)27)24(37)33-35-12-25(28,29)13-35/h3-6,14H,2,7-13H2,1H3,(H,32,36)(H,33,37). The number of fused-ring (bicyclic) bond motifs is 1. The molecule has 5 rings (SSSR count). The molecule has 2 N–H and O–H groups in total. The van der Waals surface area contributed by atoms with Crippen LogP contribution in [-0.2, 0) is 13.0 Å². The van der Waals surface area contributed by atoms with Crippen LogP contribution in [0.4, 0.5) is 17.6 Å². The third-order valence-corrected chi connectivity index (χ3v) is 6.93. The van der Waals surface area contributed by atoms with Crippen molar-refractivity contribution >= 4 is 16.9 Å². The van der Waals surface area contributed by atoms with E-state index in [0.717, 1.165) is 5.01 Å². The van der Waals surface area contributed by atoms with Gasteiger partial charge in [0.15, 0.2) is 5.82 Å². The highest BCUT2D eigenvalue weighted by Crippen LogP contribution is 2.31. The molecular weight excluding hydrogens is 492 g/mol. The zero-order valence-corrected chi connectivity index (χ0v) is 20.2. The molecule has 0 saturated carbocycles. The first-order chi connectivity index (χ1) is 17.6. The summed E-state index contributed by atoms with van der Waals surface area (Å²) >= 11 is 0. The molecule has 0 radical (unpaired) electrons. The molecule has 196 valence electrons. The zero-order valence-electron chi connectivity index (χ0n) is 20.2. The summed E-state index contributed by atoms with van der Waals surface area (Å²) in [4.78, 5) is 36.9.